The number of aryl methyl sites for hydroxylation is 2. The second kappa shape index (κ2) is 9.51. The van der Waals surface area contributed by atoms with Crippen molar-refractivity contribution in [1.29, 1.82) is 0 Å². The minimum atomic E-state index is -0.604. The second-order valence-electron chi connectivity index (χ2n) is 10.0. The minimum absolute atomic E-state index is 0.0836. The normalized spacial score (nSPS) is 17.3. The monoisotopic (exact) mass is 521 g/mol. The zero-order valence-electron chi connectivity index (χ0n) is 21.2. The van der Waals surface area contributed by atoms with Crippen molar-refractivity contribution in [2.45, 2.75) is 59.1 Å². The number of fused-ring (bicyclic) bond motifs is 1. The molecule has 0 radical (unpaired) electrons. The van der Waals surface area contributed by atoms with Crippen LogP contribution in [0.2, 0.25) is 0 Å². The third-order valence-electron chi connectivity index (χ3n) is 5.88. The first-order chi connectivity index (χ1) is 17.6. The number of anilines is 2. The van der Waals surface area contributed by atoms with Crippen LogP contribution in [-0.4, -0.2) is 48.6 Å². The number of carbonyl (C=O) groups is 2. The Bertz CT molecular complexity index is 1480. The molecule has 11 nitrogen and oxygen atoms in total. The maximum atomic E-state index is 12.8. The summed E-state index contributed by atoms with van der Waals surface area (Å²) in [6, 6.07) is 5.79. The SMILES string of the molecule is Cc1nc(-c2ccc3ncnc(NC4CC(C(=O)Nc5nc(C)c(C(=O)OC(C)(C)C)s5)C4)c3c2)no1. The van der Waals surface area contributed by atoms with Gasteiger partial charge in [-0.15, -0.1) is 0 Å². The number of esters is 1. The number of ether oxygens (including phenoxy) is 1. The van der Waals surface area contributed by atoms with Gasteiger partial charge in [-0.05, 0) is 58.7 Å². The Balaban J connectivity index is 1.21. The lowest BCUT2D eigenvalue weighted by molar-refractivity contribution is -0.122. The molecule has 1 aromatic carbocycles. The molecule has 0 saturated heterocycles. The molecule has 1 fully saturated rings. The first-order valence-electron chi connectivity index (χ1n) is 11.9. The van der Waals surface area contributed by atoms with Gasteiger partial charge in [0.1, 0.15) is 22.6 Å². The molecule has 2 N–H and O–H groups in total. The number of hydrogen-bond donors (Lipinski definition) is 2. The van der Waals surface area contributed by atoms with E-state index in [0.717, 1.165) is 27.8 Å². The summed E-state index contributed by atoms with van der Waals surface area (Å²) in [6.07, 6.45) is 2.80. The summed E-state index contributed by atoms with van der Waals surface area (Å²) in [5.74, 6) is 0.953. The van der Waals surface area contributed by atoms with E-state index < -0.39 is 11.6 Å². The van der Waals surface area contributed by atoms with Gasteiger partial charge in [0, 0.05) is 29.8 Å². The van der Waals surface area contributed by atoms with E-state index in [-0.39, 0.29) is 17.9 Å². The fourth-order valence-electron chi connectivity index (χ4n) is 4.04. The van der Waals surface area contributed by atoms with Gasteiger partial charge in [0.25, 0.3) is 0 Å². The van der Waals surface area contributed by atoms with Crippen LogP contribution in [-0.2, 0) is 9.53 Å². The fraction of sp³-hybridized carbons (Fsp3) is 0.400. The van der Waals surface area contributed by atoms with Crippen molar-refractivity contribution in [3.8, 4) is 11.4 Å². The molecule has 0 bridgehead atoms. The van der Waals surface area contributed by atoms with Gasteiger partial charge in [-0.1, -0.05) is 16.5 Å². The average molecular weight is 522 g/mol. The van der Waals surface area contributed by atoms with Crippen LogP contribution in [0.5, 0.6) is 0 Å². The third-order valence-corrected chi connectivity index (χ3v) is 6.93. The maximum Gasteiger partial charge on any atom is 0.350 e. The van der Waals surface area contributed by atoms with Gasteiger partial charge >= 0.3 is 5.97 Å². The van der Waals surface area contributed by atoms with E-state index in [1.807, 2.05) is 39.0 Å². The van der Waals surface area contributed by atoms with E-state index in [2.05, 4.69) is 35.7 Å². The molecule has 37 heavy (non-hydrogen) atoms. The lowest BCUT2D eigenvalue weighted by atomic mass is 9.79. The van der Waals surface area contributed by atoms with Gasteiger partial charge in [-0.25, -0.2) is 19.7 Å². The van der Waals surface area contributed by atoms with E-state index >= 15 is 0 Å². The smallest absolute Gasteiger partial charge is 0.350 e. The van der Waals surface area contributed by atoms with Crippen LogP contribution in [0.1, 0.15) is 54.9 Å². The first-order valence-corrected chi connectivity index (χ1v) is 12.7. The van der Waals surface area contributed by atoms with Crippen molar-refractivity contribution in [3.63, 3.8) is 0 Å². The standard InChI is InChI=1S/C25H27N7O4S/c1-12-19(23(34)35-25(3,4)5)37-24(28-12)31-22(33)15-8-16(9-15)30-21-17-10-14(20-29-13(2)36-32-20)6-7-18(17)26-11-27-21/h6-7,10-11,15-16H,8-9H2,1-5H3,(H,26,27,30)(H,28,31,33). The Hall–Kier alpha value is -3.93. The number of benzene rings is 1. The minimum Gasteiger partial charge on any atom is -0.456 e. The molecule has 12 heteroatoms. The highest BCUT2D eigenvalue weighted by Crippen LogP contribution is 2.34. The van der Waals surface area contributed by atoms with Crippen LogP contribution < -0.4 is 10.6 Å². The summed E-state index contributed by atoms with van der Waals surface area (Å²) in [5, 5.41) is 11.5. The second-order valence-corrected chi connectivity index (χ2v) is 11.0. The highest BCUT2D eigenvalue weighted by molar-refractivity contribution is 7.17. The summed E-state index contributed by atoms with van der Waals surface area (Å²) in [6.45, 7) is 8.90. The van der Waals surface area contributed by atoms with Crippen LogP contribution >= 0.6 is 11.3 Å². The Kier molecular flexibility index (Phi) is 6.36. The lowest BCUT2D eigenvalue weighted by Crippen LogP contribution is -2.42. The molecule has 5 rings (SSSR count). The molecule has 0 unspecified atom stereocenters. The van der Waals surface area contributed by atoms with Gasteiger partial charge in [0.05, 0.1) is 11.2 Å². The summed E-state index contributed by atoms with van der Waals surface area (Å²) >= 11 is 1.13. The van der Waals surface area contributed by atoms with Crippen LogP contribution in [0.4, 0.5) is 10.9 Å². The molecule has 3 heterocycles. The van der Waals surface area contributed by atoms with Crippen LogP contribution in [0.15, 0.2) is 29.0 Å². The van der Waals surface area contributed by atoms with Crippen LogP contribution in [0.25, 0.3) is 22.3 Å². The van der Waals surface area contributed by atoms with E-state index in [9.17, 15) is 9.59 Å². The van der Waals surface area contributed by atoms with Crippen molar-refractivity contribution in [3.05, 3.63) is 41.0 Å². The van der Waals surface area contributed by atoms with Gasteiger partial charge in [0.15, 0.2) is 5.13 Å². The number of aromatic nitrogens is 5. The molecule has 0 aliphatic heterocycles. The number of nitrogens with zero attached hydrogens (tertiary/aromatic N) is 5. The number of hydrogen-bond acceptors (Lipinski definition) is 11. The van der Waals surface area contributed by atoms with E-state index in [1.165, 1.54) is 6.33 Å². The van der Waals surface area contributed by atoms with Gasteiger partial charge in [-0.3, -0.25) is 4.79 Å². The van der Waals surface area contributed by atoms with Crippen molar-refractivity contribution in [1.82, 2.24) is 25.1 Å². The zero-order valence-corrected chi connectivity index (χ0v) is 22.0. The largest absolute Gasteiger partial charge is 0.456 e. The Morgan fingerprint density at radius 3 is 2.62 bits per heavy atom. The van der Waals surface area contributed by atoms with Gasteiger partial charge in [0.2, 0.25) is 17.6 Å². The van der Waals surface area contributed by atoms with E-state index in [1.54, 1.807) is 13.8 Å². The molecule has 3 aromatic heterocycles. The molecule has 0 atom stereocenters. The van der Waals surface area contributed by atoms with Crippen molar-refractivity contribution in [2.24, 2.45) is 5.92 Å². The topological polar surface area (TPSA) is 145 Å². The summed E-state index contributed by atoms with van der Waals surface area (Å²) < 4.78 is 10.5. The summed E-state index contributed by atoms with van der Waals surface area (Å²) in [7, 11) is 0. The molecule has 0 spiro atoms. The van der Waals surface area contributed by atoms with Crippen molar-refractivity contribution >= 4 is 45.1 Å². The van der Waals surface area contributed by atoms with E-state index in [4.69, 9.17) is 9.26 Å². The Morgan fingerprint density at radius 1 is 1.14 bits per heavy atom. The number of rotatable bonds is 6. The molecule has 1 aliphatic carbocycles. The van der Waals surface area contributed by atoms with E-state index in [0.29, 0.717) is 46.1 Å². The molecular formula is C25H27N7O4S. The summed E-state index contributed by atoms with van der Waals surface area (Å²) in [5.41, 5.74) is 1.52. The Labute approximate surface area is 217 Å². The molecule has 1 amide bonds. The van der Waals surface area contributed by atoms with Gasteiger partial charge in [-0.2, -0.15) is 4.98 Å². The molecule has 1 saturated carbocycles. The van der Waals surface area contributed by atoms with Crippen molar-refractivity contribution in [2.75, 3.05) is 10.6 Å². The number of carbonyl (C=O) groups excluding carboxylic acids is 2. The van der Waals surface area contributed by atoms with Crippen LogP contribution in [0.3, 0.4) is 0 Å². The highest BCUT2D eigenvalue weighted by atomic mass is 32.1. The average Bonchev–Trinajstić information content (AvgIpc) is 3.39. The number of nitrogens with one attached hydrogen (secondary N) is 2. The predicted octanol–water partition coefficient (Wildman–Crippen LogP) is 4.54. The molecule has 4 aromatic rings. The van der Waals surface area contributed by atoms with Gasteiger partial charge < -0.3 is 19.9 Å². The van der Waals surface area contributed by atoms with Crippen LogP contribution in [0, 0.1) is 19.8 Å². The first kappa shape index (κ1) is 24.8. The zero-order chi connectivity index (χ0) is 26.3. The predicted molar refractivity (Wildman–Crippen MR) is 138 cm³/mol. The third kappa shape index (κ3) is 5.43. The molecular weight excluding hydrogens is 494 g/mol. The summed E-state index contributed by atoms with van der Waals surface area (Å²) in [4.78, 5) is 43.0. The van der Waals surface area contributed by atoms with Crippen molar-refractivity contribution < 1.29 is 18.8 Å². The number of thiazole rings is 1. The Morgan fingerprint density at radius 2 is 1.92 bits per heavy atom. The maximum absolute atomic E-state index is 12.8. The lowest BCUT2D eigenvalue weighted by Gasteiger charge is -2.35. The number of amides is 1. The fourth-order valence-corrected chi connectivity index (χ4v) is 4.89. The molecule has 192 valence electrons. The quantitative estimate of drug-likeness (QED) is 0.347. The highest BCUT2D eigenvalue weighted by Gasteiger charge is 2.35. The molecule has 1 aliphatic rings.